The number of benzene rings is 1. The molecule has 0 N–H and O–H groups in total. The van der Waals surface area contributed by atoms with Gasteiger partial charge in [-0.1, -0.05) is 0 Å². The van der Waals surface area contributed by atoms with Gasteiger partial charge in [-0.2, -0.15) is 0 Å². The van der Waals surface area contributed by atoms with Crippen LogP contribution in [0.3, 0.4) is 0 Å². The molecule has 7 heteroatoms. The van der Waals surface area contributed by atoms with Crippen LogP contribution in [0.1, 0.15) is 10.4 Å². The molecule has 3 rings (SSSR count). The van der Waals surface area contributed by atoms with Gasteiger partial charge in [-0.3, -0.25) is 0 Å². The highest BCUT2D eigenvalue weighted by Crippen LogP contribution is 2.36. The van der Waals surface area contributed by atoms with Crippen LogP contribution in [0.25, 0.3) is 11.3 Å². The number of carbonyl (C=O) groups excluding carboxylic acids is 1. The molecule has 0 saturated carbocycles. The number of fused-ring (bicyclic) bond motifs is 1. The Morgan fingerprint density at radius 1 is 1.14 bits per heavy atom. The number of ether oxygens (including phenoxy) is 4. The highest BCUT2D eigenvalue weighted by molar-refractivity contribution is 5.92. The average molecular weight is 304 g/mol. The van der Waals surface area contributed by atoms with Crippen LogP contribution >= 0.6 is 0 Å². The molecular weight excluding hydrogens is 292 g/mol. The Morgan fingerprint density at radius 3 is 2.64 bits per heavy atom. The molecule has 0 spiro atoms. The molecule has 0 amide bonds. The SMILES string of the molecule is COC(=O)c1c(OC)cc(-c2ccc3c(c2)OCO3)oc1=O. The van der Waals surface area contributed by atoms with Crippen molar-refractivity contribution in [3.8, 4) is 28.6 Å². The lowest BCUT2D eigenvalue weighted by molar-refractivity contribution is 0.0591. The predicted molar refractivity (Wildman–Crippen MR) is 74.4 cm³/mol. The van der Waals surface area contributed by atoms with Gasteiger partial charge in [-0.15, -0.1) is 0 Å². The van der Waals surface area contributed by atoms with E-state index in [1.54, 1.807) is 18.2 Å². The molecule has 2 aromatic rings. The molecular formula is C15H12O7. The summed E-state index contributed by atoms with van der Waals surface area (Å²) < 4.78 is 25.3. The minimum atomic E-state index is -0.834. The van der Waals surface area contributed by atoms with E-state index in [4.69, 9.17) is 18.6 Å². The van der Waals surface area contributed by atoms with Gasteiger partial charge in [0.15, 0.2) is 17.1 Å². The van der Waals surface area contributed by atoms with Crippen LogP contribution in [-0.2, 0) is 4.74 Å². The lowest BCUT2D eigenvalue weighted by Crippen LogP contribution is -2.17. The lowest BCUT2D eigenvalue weighted by atomic mass is 10.1. The van der Waals surface area contributed by atoms with Crippen molar-refractivity contribution < 1.29 is 28.2 Å². The maximum atomic E-state index is 12.0. The van der Waals surface area contributed by atoms with E-state index in [0.717, 1.165) is 0 Å². The number of hydrogen-bond acceptors (Lipinski definition) is 7. The Bertz CT molecular complexity index is 791. The first-order valence-electron chi connectivity index (χ1n) is 6.34. The van der Waals surface area contributed by atoms with Gasteiger partial charge in [-0.25, -0.2) is 9.59 Å². The largest absolute Gasteiger partial charge is 0.495 e. The van der Waals surface area contributed by atoms with Gasteiger partial charge < -0.3 is 23.4 Å². The number of rotatable bonds is 3. The Kier molecular flexibility index (Phi) is 3.46. The Labute approximate surface area is 125 Å². The van der Waals surface area contributed by atoms with Crippen molar-refractivity contribution in [1.82, 2.24) is 0 Å². The molecule has 1 aromatic carbocycles. The molecule has 0 bridgehead atoms. The van der Waals surface area contributed by atoms with Gasteiger partial charge >= 0.3 is 11.6 Å². The fourth-order valence-electron chi connectivity index (χ4n) is 2.11. The van der Waals surface area contributed by atoms with E-state index in [0.29, 0.717) is 17.1 Å². The molecule has 0 radical (unpaired) electrons. The summed E-state index contributed by atoms with van der Waals surface area (Å²) in [4.78, 5) is 23.6. The lowest BCUT2D eigenvalue weighted by Gasteiger charge is -2.08. The van der Waals surface area contributed by atoms with Crippen LogP contribution in [-0.4, -0.2) is 27.0 Å². The molecule has 2 heterocycles. The standard InChI is InChI=1S/C15H12O7/c1-18-12-6-10(22-15(17)13(12)14(16)19-2)8-3-4-9-11(5-8)21-7-20-9/h3-6H,7H2,1-2H3. The maximum Gasteiger partial charge on any atom is 0.354 e. The average Bonchev–Trinajstić information content (AvgIpc) is 3.00. The van der Waals surface area contributed by atoms with Gasteiger partial charge in [0.1, 0.15) is 11.5 Å². The highest BCUT2D eigenvalue weighted by atomic mass is 16.7. The Hall–Kier alpha value is -2.96. The van der Waals surface area contributed by atoms with Gasteiger partial charge in [0.2, 0.25) is 6.79 Å². The topological polar surface area (TPSA) is 84.2 Å². The van der Waals surface area contributed by atoms with Crippen LogP contribution in [0.15, 0.2) is 33.5 Å². The van der Waals surface area contributed by atoms with E-state index in [-0.39, 0.29) is 23.9 Å². The molecule has 7 nitrogen and oxygen atoms in total. The first kappa shape index (κ1) is 14.0. The first-order valence-corrected chi connectivity index (χ1v) is 6.34. The molecule has 0 unspecified atom stereocenters. The second-order valence-electron chi connectivity index (χ2n) is 4.40. The van der Waals surface area contributed by atoms with E-state index < -0.39 is 11.6 Å². The van der Waals surface area contributed by atoms with E-state index >= 15 is 0 Å². The Balaban J connectivity index is 2.11. The van der Waals surface area contributed by atoms with Gasteiger partial charge in [-0.05, 0) is 18.2 Å². The van der Waals surface area contributed by atoms with Crippen molar-refractivity contribution in [1.29, 1.82) is 0 Å². The maximum absolute atomic E-state index is 12.0. The Morgan fingerprint density at radius 2 is 1.91 bits per heavy atom. The molecule has 0 atom stereocenters. The minimum absolute atomic E-state index is 0.0794. The van der Waals surface area contributed by atoms with Gasteiger partial charge in [0.05, 0.1) is 14.2 Å². The number of hydrogen-bond donors (Lipinski definition) is 0. The molecule has 22 heavy (non-hydrogen) atoms. The zero-order valence-electron chi connectivity index (χ0n) is 11.9. The molecule has 0 saturated heterocycles. The molecule has 114 valence electrons. The van der Waals surface area contributed by atoms with Crippen molar-refractivity contribution in [2.45, 2.75) is 0 Å². The van der Waals surface area contributed by atoms with E-state index in [2.05, 4.69) is 4.74 Å². The monoisotopic (exact) mass is 304 g/mol. The zero-order valence-corrected chi connectivity index (χ0v) is 11.9. The van der Waals surface area contributed by atoms with E-state index in [9.17, 15) is 9.59 Å². The van der Waals surface area contributed by atoms with Gasteiger partial charge in [0.25, 0.3) is 0 Å². The minimum Gasteiger partial charge on any atom is -0.495 e. The fraction of sp³-hybridized carbons (Fsp3) is 0.200. The molecule has 1 aliphatic heterocycles. The quantitative estimate of drug-likeness (QED) is 0.800. The third-order valence-electron chi connectivity index (χ3n) is 3.18. The summed E-state index contributed by atoms with van der Waals surface area (Å²) in [5.74, 6) is 0.673. The van der Waals surface area contributed by atoms with Crippen molar-refractivity contribution in [2.75, 3.05) is 21.0 Å². The van der Waals surface area contributed by atoms with Gasteiger partial charge in [0, 0.05) is 11.6 Å². The molecule has 1 aliphatic rings. The van der Waals surface area contributed by atoms with E-state index in [1.807, 2.05) is 0 Å². The number of methoxy groups -OCH3 is 2. The van der Waals surface area contributed by atoms with Crippen molar-refractivity contribution >= 4 is 5.97 Å². The summed E-state index contributed by atoms with van der Waals surface area (Å²) >= 11 is 0. The van der Waals surface area contributed by atoms with Crippen LogP contribution < -0.4 is 19.8 Å². The summed E-state index contributed by atoms with van der Waals surface area (Å²) in [6, 6.07) is 6.55. The van der Waals surface area contributed by atoms with Crippen LogP contribution in [0.2, 0.25) is 0 Å². The fourth-order valence-corrected chi connectivity index (χ4v) is 2.11. The summed E-state index contributed by atoms with van der Waals surface area (Å²) in [6.45, 7) is 0.146. The van der Waals surface area contributed by atoms with Crippen LogP contribution in [0, 0.1) is 0 Å². The van der Waals surface area contributed by atoms with Crippen LogP contribution in [0.4, 0.5) is 0 Å². The molecule has 0 aliphatic carbocycles. The van der Waals surface area contributed by atoms with Crippen LogP contribution in [0.5, 0.6) is 17.2 Å². The normalized spacial score (nSPS) is 12.1. The third kappa shape index (κ3) is 2.26. The smallest absolute Gasteiger partial charge is 0.354 e. The van der Waals surface area contributed by atoms with Crippen molar-refractivity contribution in [3.05, 3.63) is 40.2 Å². The van der Waals surface area contributed by atoms with E-state index in [1.165, 1.54) is 20.3 Å². The number of esters is 1. The van der Waals surface area contributed by atoms with Crippen molar-refractivity contribution in [2.24, 2.45) is 0 Å². The summed E-state index contributed by atoms with van der Waals surface area (Å²) in [6.07, 6.45) is 0. The summed E-state index contributed by atoms with van der Waals surface area (Å²) in [5.41, 5.74) is -0.524. The van der Waals surface area contributed by atoms with Crippen molar-refractivity contribution in [3.63, 3.8) is 0 Å². The molecule has 1 aromatic heterocycles. The summed E-state index contributed by atoms with van der Waals surface area (Å²) in [7, 11) is 2.53. The third-order valence-corrected chi connectivity index (χ3v) is 3.18. The molecule has 0 fully saturated rings. The predicted octanol–water partition coefficient (Wildman–Crippen LogP) is 1.83. The summed E-state index contributed by atoms with van der Waals surface area (Å²) in [5, 5.41) is 0. The number of carbonyl (C=O) groups is 1. The second kappa shape index (κ2) is 5.44. The second-order valence-corrected chi connectivity index (χ2v) is 4.40. The highest BCUT2D eigenvalue weighted by Gasteiger charge is 2.22. The zero-order chi connectivity index (χ0) is 15.7. The first-order chi connectivity index (χ1) is 10.6.